The first-order valence-corrected chi connectivity index (χ1v) is 9.08. The van der Waals surface area contributed by atoms with Crippen LogP contribution in [0.1, 0.15) is 41.7 Å². The molecular weight excluding hydrogens is 336 g/mol. The van der Waals surface area contributed by atoms with E-state index in [0.29, 0.717) is 5.57 Å². The van der Waals surface area contributed by atoms with E-state index in [1.807, 2.05) is 63.2 Å². The molecule has 0 heterocycles. The predicted molar refractivity (Wildman–Crippen MR) is 110 cm³/mol. The quantitative estimate of drug-likeness (QED) is 0.306. The van der Waals surface area contributed by atoms with Gasteiger partial charge in [0.2, 0.25) is 0 Å². The molecule has 0 unspecified atom stereocenters. The average Bonchev–Trinajstić information content (AvgIpc) is 2.61. The standard InChI is InChI=1S/C24H26O3/c1-6-27-24(26)22(15-21-17(3)12-16(2)13-18(21)4)23(25)19(5)14-20-10-8-7-9-11-20/h7-15H,6H2,1-5H3/b19-14+,22-15-. The van der Waals surface area contributed by atoms with Crippen LogP contribution in [0.5, 0.6) is 0 Å². The van der Waals surface area contributed by atoms with Crippen LogP contribution in [0.15, 0.2) is 53.6 Å². The zero-order valence-electron chi connectivity index (χ0n) is 16.6. The molecule has 0 saturated carbocycles. The molecule has 2 rings (SSSR count). The van der Waals surface area contributed by atoms with Crippen molar-refractivity contribution in [3.05, 3.63) is 81.4 Å². The van der Waals surface area contributed by atoms with Crippen molar-refractivity contribution in [2.45, 2.75) is 34.6 Å². The van der Waals surface area contributed by atoms with Gasteiger partial charge in [0, 0.05) is 0 Å². The zero-order chi connectivity index (χ0) is 20.0. The summed E-state index contributed by atoms with van der Waals surface area (Å²) < 4.78 is 5.15. The number of allylic oxidation sites excluding steroid dienone is 1. The van der Waals surface area contributed by atoms with Crippen LogP contribution in [0.4, 0.5) is 0 Å². The van der Waals surface area contributed by atoms with Crippen molar-refractivity contribution in [2.24, 2.45) is 0 Å². The number of rotatable bonds is 6. The van der Waals surface area contributed by atoms with Crippen LogP contribution < -0.4 is 0 Å². The van der Waals surface area contributed by atoms with E-state index in [0.717, 1.165) is 27.8 Å². The molecule has 3 nitrogen and oxygen atoms in total. The maximum Gasteiger partial charge on any atom is 0.342 e. The van der Waals surface area contributed by atoms with Crippen molar-refractivity contribution < 1.29 is 14.3 Å². The summed E-state index contributed by atoms with van der Waals surface area (Å²) in [7, 11) is 0. The number of aryl methyl sites for hydroxylation is 3. The summed E-state index contributed by atoms with van der Waals surface area (Å²) >= 11 is 0. The molecule has 2 aromatic carbocycles. The number of carbonyl (C=O) groups excluding carboxylic acids is 2. The molecule has 0 aromatic heterocycles. The van der Waals surface area contributed by atoms with Crippen molar-refractivity contribution in [1.82, 2.24) is 0 Å². The SMILES string of the molecule is CCOC(=O)/C(=C\c1c(C)cc(C)cc1C)C(=O)/C(C)=C/c1ccccc1. The highest BCUT2D eigenvalue weighted by Gasteiger charge is 2.22. The van der Waals surface area contributed by atoms with Crippen LogP contribution >= 0.6 is 0 Å². The Hall–Kier alpha value is -2.94. The number of esters is 1. The highest BCUT2D eigenvalue weighted by atomic mass is 16.5. The molecule has 27 heavy (non-hydrogen) atoms. The third-order valence-corrected chi connectivity index (χ3v) is 4.31. The first-order valence-electron chi connectivity index (χ1n) is 9.08. The summed E-state index contributed by atoms with van der Waals surface area (Å²) in [6.45, 7) is 9.65. The summed E-state index contributed by atoms with van der Waals surface area (Å²) in [6, 6.07) is 13.6. The molecule has 140 valence electrons. The van der Waals surface area contributed by atoms with Gasteiger partial charge in [-0.05, 0) is 74.6 Å². The molecule has 0 amide bonds. The maximum atomic E-state index is 13.0. The zero-order valence-corrected chi connectivity index (χ0v) is 16.6. The molecule has 0 bridgehead atoms. The van der Waals surface area contributed by atoms with E-state index in [2.05, 4.69) is 0 Å². The maximum absolute atomic E-state index is 13.0. The van der Waals surface area contributed by atoms with Gasteiger partial charge in [0.15, 0.2) is 5.78 Å². The summed E-state index contributed by atoms with van der Waals surface area (Å²) in [4.78, 5) is 25.5. The minimum atomic E-state index is -0.595. The largest absolute Gasteiger partial charge is 0.462 e. The Bertz CT molecular complexity index is 879. The molecule has 0 aliphatic heterocycles. The van der Waals surface area contributed by atoms with E-state index >= 15 is 0 Å². The number of hydrogen-bond acceptors (Lipinski definition) is 3. The second-order valence-corrected chi connectivity index (χ2v) is 6.66. The lowest BCUT2D eigenvalue weighted by molar-refractivity contribution is -0.139. The minimum Gasteiger partial charge on any atom is -0.462 e. The van der Waals surface area contributed by atoms with Crippen molar-refractivity contribution in [1.29, 1.82) is 0 Å². The van der Waals surface area contributed by atoms with Crippen LogP contribution in [0, 0.1) is 20.8 Å². The Morgan fingerprint density at radius 2 is 1.56 bits per heavy atom. The highest BCUT2D eigenvalue weighted by molar-refractivity contribution is 6.27. The lowest BCUT2D eigenvalue weighted by atomic mass is 9.95. The number of ketones is 1. The number of benzene rings is 2. The summed E-state index contributed by atoms with van der Waals surface area (Å²) in [5, 5.41) is 0. The lowest BCUT2D eigenvalue weighted by Crippen LogP contribution is -2.17. The van der Waals surface area contributed by atoms with Crippen LogP contribution in [0.3, 0.4) is 0 Å². The molecule has 2 aromatic rings. The van der Waals surface area contributed by atoms with Crippen molar-refractivity contribution in [3.63, 3.8) is 0 Å². The van der Waals surface area contributed by atoms with Crippen LogP contribution in [-0.2, 0) is 14.3 Å². The fourth-order valence-corrected chi connectivity index (χ4v) is 3.07. The van der Waals surface area contributed by atoms with Gasteiger partial charge in [0.05, 0.1) is 6.61 Å². The summed E-state index contributed by atoms with van der Waals surface area (Å²) in [5.74, 6) is -0.917. The normalized spacial score (nSPS) is 12.0. The van der Waals surface area contributed by atoms with Crippen LogP contribution in [0.25, 0.3) is 12.2 Å². The Labute approximate surface area is 161 Å². The van der Waals surface area contributed by atoms with Gasteiger partial charge >= 0.3 is 5.97 Å². The van der Waals surface area contributed by atoms with E-state index in [1.54, 1.807) is 26.0 Å². The van der Waals surface area contributed by atoms with E-state index in [4.69, 9.17) is 4.74 Å². The molecule has 3 heteroatoms. The van der Waals surface area contributed by atoms with Gasteiger partial charge in [-0.15, -0.1) is 0 Å². The van der Waals surface area contributed by atoms with Gasteiger partial charge in [-0.1, -0.05) is 48.0 Å². The third kappa shape index (κ3) is 5.27. The molecule has 0 saturated heterocycles. The molecular formula is C24H26O3. The van der Waals surface area contributed by atoms with Crippen molar-refractivity contribution in [2.75, 3.05) is 6.61 Å². The van der Waals surface area contributed by atoms with E-state index in [1.165, 1.54) is 0 Å². The smallest absolute Gasteiger partial charge is 0.342 e. The fourth-order valence-electron chi connectivity index (χ4n) is 3.07. The summed E-state index contributed by atoms with van der Waals surface area (Å²) in [5.41, 5.74) is 5.52. The van der Waals surface area contributed by atoms with Gasteiger partial charge < -0.3 is 4.74 Å². The van der Waals surface area contributed by atoms with Gasteiger partial charge in [-0.25, -0.2) is 4.79 Å². The Balaban J connectivity index is 2.51. The lowest BCUT2D eigenvalue weighted by Gasteiger charge is -2.11. The number of carbonyl (C=O) groups is 2. The van der Waals surface area contributed by atoms with Gasteiger partial charge in [0.1, 0.15) is 5.57 Å². The Kier molecular flexibility index (Phi) is 6.89. The third-order valence-electron chi connectivity index (χ3n) is 4.31. The molecule has 0 fully saturated rings. The second-order valence-electron chi connectivity index (χ2n) is 6.66. The molecule has 0 N–H and O–H groups in total. The Morgan fingerprint density at radius 1 is 0.963 bits per heavy atom. The molecule has 0 atom stereocenters. The predicted octanol–water partition coefficient (Wildman–Crippen LogP) is 5.23. The number of ether oxygens (including phenoxy) is 1. The minimum absolute atomic E-state index is 0.0524. The number of hydrogen-bond donors (Lipinski definition) is 0. The highest BCUT2D eigenvalue weighted by Crippen LogP contribution is 2.22. The van der Waals surface area contributed by atoms with E-state index in [9.17, 15) is 9.59 Å². The van der Waals surface area contributed by atoms with E-state index in [-0.39, 0.29) is 18.0 Å². The first kappa shape index (κ1) is 20.4. The number of Topliss-reactive ketones (excluding diaryl/α,β-unsaturated/α-hetero) is 1. The second kappa shape index (κ2) is 9.13. The Morgan fingerprint density at radius 3 is 2.11 bits per heavy atom. The van der Waals surface area contributed by atoms with Gasteiger partial charge in [-0.2, -0.15) is 0 Å². The summed E-state index contributed by atoms with van der Waals surface area (Å²) in [6.07, 6.45) is 3.44. The van der Waals surface area contributed by atoms with Crippen molar-refractivity contribution >= 4 is 23.9 Å². The van der Waals surface area contributed by atoms with Gasteiger partial charge in [0.25, 0.3) is 0 Å². The van der Waals surface area contributed by atoms with Crippen LogP contribution in [0.2, 0.25) is 0 Å². The van der Waals surface area contributed by atoms with Gasteiger partial charge in [-0.3, -0.25) is 4.79 Å². The topological polar surface area (TPSA) is 43.4 Å². The van der Waals surface area contributed by atoms with Crippen LogP contribution in [-0.4, -0.2) is 18.4 Å². The fraction of sp³-hybridized carbons (Fsp3) is 0.250. The van der Waals surface area contributed by atoms with Crippen molar-refractivity contribution in [3.8, 4) is 0 Å². The molecule has 0 spiro atoms. The molecule has 0 radical (unpaired) electrons. The first-order chi connectivity index (χ1) is 12.8. The molecule has 0 aliphatic rings. The average molecular weight is 362 g/mol. The monoisotopic (exact) mass is 362 g/mol. The van der Waals surface area contributed by atoms with E-state index < -0.39 is 5.97 Å². The molecule has 0 aliphatic carbocycles.